The van der Waals surface area contributed by atoms with Crippen LogP contribution >= 0.6 is 0 Å². The van der Waals surface area contributed by atoms with Crippen LogP contribution < -0.4 is 10.6 Å². The van der Waals surface area contributed by atoms with Gasteiger partial charge >= 0.3 is 5.69 Å². The molecule has 92 valence electrons. The molecule has 1 rings (SSSR count). The summed E-state index contributed by atoms with van der Waals surface area (Å²) in [6.45, 7) is 4.18. The smallest absolute Gasteiger partial charge is 0.329 e. The molecule has 1 heterocycles. The molecule has 0 atom stereocenters. The molecule has 0 saturated heterocycles. The highest BCUT2D eigenvalue weighted by molar-refractivity contribution is 5.53. The molecule has 0 radical (unpaired) electrons. The van der Waals surface area contributed by atoms with Gasteiger partial charge in [-0.25, -0.2) is 4.98 Å². The first kappa shape index (κ1) is 12.8. The third-order valence-corrected chi connectivity index (χ3v) is 1.98. The molecule has 3 N–H and O–H groups in total. The van der Waals surface area contributed by atoms with Crippen LogP contribution in [0.5, 0.6) is 0 Å². The molecule has 0 spiro atoms. The minimum atomic E-state index is -0.650. The highest BCUT2D eigenvalue weighted by Crippen LogP contribution is 2.19. The number of aliphatic hydroxyl groups excluding tert-OH is 1. The van der Waals surface area contributed by atoms with E-state index in [1.54, 1.807) is 11.0 Å². The average Bonchev–Trinajstić information content (AvgIpc) is 2.28. The lowest BCUT2D eigenvalue weighted by Crippen LogP contribution is -2.28. The standard InChI is InChI=1S/C9H13N5O3/c1-2-3-13(4-5-15)9-11-6-7(14(16)17)8(10)12-9/h2,6,15H,1,3-5H2,(H2,10,11,12). The van der Waals surface area contributed by atoms with Crippen LogP contribution in [0.3, 0.4) is 0 Å². The molecular weight excluding hydrogens is 226 g/mol. The van der Waals surface area contributed by atoms with E-state index < -0.39 is 4.92 Å². The van der Waals surface area contributed by atoms with E-state index in [9.17, 15) is 10.1 Å². The Kier molecular flexibility index (Phi) is 4.35. The summed E-state index contributed by atoms with van der Waals surface area (Å²) in [7, 11) is 0. The lowest BCUT2D eigenvalue weighted by atomic mass is 10.4. The number of rotatable bonds is 6. The van der Waals surface area contributed by atoms with E-state index in [0.29, 0.717) is 13.1 Å². The molecule has 0 saturated carbocycles. The van der Waals surface area contributed by atoms with Gasteiger partial charge in [0, 0.05) is 13.1 Å². The molecule has 17 heavy (non-hydrogen) atoms. The molecule has 0 aromatic carbocycles. The van der Waals surface area contributed by atoms with Crippen molar-refractivity contribution in [2.24, 2.45) is 0 Å². The van der Waals surface area contributed by atoms with Crippen molar-refractivity contribution in [3.05, 3.63) is 29.0 Å². The zero-order valence-electron chi connectivity index (χ0n) is 9.11. The number of nitrogens with two attached hydrogens (primary N) is 1. The topological polar surface area (TPSA) is 118 Å². The van der Waals surface area contributed by atoms with E-state index in [1.165, 1.54) is 0 Å². The fourth-order valence-corrected chi connectivity index (χ4v) is 1.22. The van der Waals surface area contributed by atoms with Gasteiger partial charge in [0.25, 0.3) is 0 Å². The number of nitrogens with zero attached hydrogens (tertiary/aromatic N) is 4. The maximum absolute atomic E-state index is 10.5. The molecular formula is C9H13N5O3. The molecule has 0 bridgehead atoms. The highest BCUT2D eigenvalue weighted by atomic mass is 16.6. The van der Waals surface area contributed by atoms with Crippen LogP contribution in [0, 0.1) is 10.1 Å². The molecule has 8 nitrogen and oxygen atoms in total. The van der Waals surface area contributed by atoms with Gasteiger partial charge in [-0.2, -0.15) is 4.98 Å². The predicted molar refractivity (Wildman–Crippen MR) is 62.6 cm³/mol. The SMILES string of the molecule is C=CCN(CCO)c1ncc([N+](=O)[O-])c(N)n1. The first-order valence-corrected chi connectivity index (χ1v) is 4.83. The number of hydrogen-bond acceptors (Lipinski definition) is 7. The maximum atomic E-state index is 10.5. The van der Waals surface area contributed by atoms with Crippen molar-refractivity contribution in [3.8, 4) is 0 Å². The van der Waals surface area contributed by atoms with Crippen molar-refractivity contribution in [2.45, 2.75) is 0 Å². The van der Waals surface area contributed by atoms with Gasteiger partial charge in [0.05, 0.1) is 11.5 Å². The van der Waals surface area contributed by atoms with E-state index in [1.807, 2.05) is 0 Å². The van der Waals surface area contributed by atoms with Gasteiger partial charge in [-0.05, 0) is 0 Å². The van der Waals surface area contributed by atoms with Crippen molar-refractivity contribution in [2.75, 3.05) is 30.3 Å². The van der Waals surface area contributed by atoms with Crippen molar-refractivity contribution in [1.29, 1.82) is 0 Å². The number of nitro groups is 1. The van der Waals surface area contributed by atoms with Gasteiger partial charge in [0.15, 0.2) is 0 Å². The van der Waals surface area contributed by atoms with Gasteiger partial charge in [0.2, 0.25) is 11.8 Å². The normalized spacial score (nSPS) is 9.94. The largest absolute Gasteiger partial charge is 0.395 e. The first-order valence-electron chi connectivity index (χ1n) is 4.83. The fourth-order valence-electron chi connectivity index (χ4n) is 1.22. The van der Waals surface area contributed by atoms with Crippen LogP contribution in [0.4, 0.5) is 17.5 Å². The second kappa shape index (κ2) is 5.75. The molecule has 0 aliphatic carbocycles. The highest BCUT2D eigenvalue weighted by Gasteiger charge is 2.16. The Labute approximate surface area is 97.6 Å². The molecule has 8 heteroatoms. The summed E-state index contributed by atoms with van der Waals surface area (Å²) in [6.07, 6.45) is 2.65. The summed E-state index contributed by atoms with van der Waals surface area (Å²) in [5.74, 6) is 0.0223. The Morgan fingerprint density at radius 3 is 2.88 bits per heavy atom. The van der Waals surface area contributed by atoms with Gasteiger partial charge < -0.3 is 15.7 Å². The van der Waals surface area contributed by atoms with Crippen molar-refractivity contribution in [3.63, 3.8) is 0 Å². The third-order valence-electron chi connectivity index (χ3n) is 1.98. The Hall–Kier alpha value is -2.22. The third kappa shape index (κ3) is 3.11. The van der Waals surface area contributed by atoms with E-state index in [0.717, 1.165) is 6.20 Å². The zero-order valence-corrected chi connectivity index (χ0v) is 9.11. The number of anilines is 2. The van der Waals surface area contributed by atoms with Crippen molar-refractivity contribution >= 4 is 17.5 Å². The molecule has 0 aliphatic heterocycles. The Morgan fingerprint density at radius 2 is 2.41 bits per heavy atom. The van der Waals surface area contributed by atoms with Gasteiger partial charge in [-0.3, -0.25) is 10.1 Å². The van der Waals surface area contributed by atoms with Gasteiger partial charge in [0.1, 0.15) is 6.20 Å². The molecule has 1 aromatic heterocycles. The number of aromatic nitrogens is 2. The molecule has 0 amide bonds. The van der Waals surface area contributed by atoms with Crippen LogP contribution in [0.15, 0.2) is 18.9 Å². The van der Waals surface area contributed by atoms with Crippen LogP contribution in [-0.2, 0) is 0 Å². The van der Waals surface area contributed by atoms with Crippen LogP contribution in [0.2, 0.25) is 0 Å². The number of nitrogen functional groups attached to an aromatic ring is 1. The summed E-state index contributed by atoms with van der Waals surface area (Å²) in [4.78, 5) is 19.1. The van der Waals surface area contributed by atoms with Crippen molar-refractivity contribution < 1.29 is 10.0 Å². The number of aliphatic hydroxyl groups is 1. The summed E-state index contributed by atoms with van der Waals surface area (Å²) < 4.78 is 0. The van der Waals surface area contributed by atoms with Crippen LogP contribution in [0.25, 0.3) is 0 Å². The Balaban J connectivity index is 3.01. The quantitative estimate of drug-likeness (QED) is 0.406. The van der Waals surface area contributed by atoms with Crippen LogP contribution in [0.1, 0.15) is 0 Å². The summed E-state index contributed by atoms with van der Waals surface area (Å²) >= 11 is 0. The molecule has 0 aliphatic rings. The van der Waals surface area contributed by atoms with E-state index in [-0.39, 0.29) is 24.1 Å². The summed E-state index contributed by atoms with van der Waals surface area (Å²) in [6, 6.07) is 0. The Bertz CT molecular complexity index is 423. The molecule has 1 aromatic rings. The Morgan fingerprint density at radius 1 is 1.71 bits per heavy atom. The van der Waals surface area contributed by atoms with E-state index in [2.05, 4.69) is 16.5 Å². The predicted octanol–water partition coefficient (Wildman–Crippen LogP) is -0.0483. The van der Waals surface area contributed by atoms with Crippen molar-refractivity contribution in [1.82, 2.24) is 9.97 Å². The van der Waals surface area contributed by atoms with Gasteiger partial charge in [-0.1, -0.05) is 6.08 Å². The lowest BCUT2D eigenvalue weighted by molar-refractivity contribution is -0.384. The monoisotopic (exact) mass is 239 g/mol. The molecule has 0 fully saturated rings. The first-order chi connectivity index (χ1) is 8.10. The fraction of sp³-hybridized carbons (Fsp3) is 0.333. The van der Waals surface area contributed by atoms with Gasteiger partial charge in [-0.15, -0.1) is 6.58 Å². The second-order valence-corrected chi connectivity index (χ2v) is 3.16. The zero-order chi connectivity index (χ0) is 12.8. The lowest BCUT2D eigenvalue weighted by Gasteiger charge is -2.19. The maximum Gasteiger partial charge on any atom is 0.329 e. The van der Waals surface area contributed by atoms with E-state index >= 15 is 0 Å². The average molecular weight is 239 g/mol. The van der Waals surface area contributed by atoms with Crippen LogP contribution in [-0.4, -0.2) is 39.7 Å². The summed E-state index contributed by atoms with van der Waals surface area (Å²) in [5.41, 5.74) is 5.11. The summed E-state index contributed by atoms with van der Waals surface area (Å²) in [5, 5.41) is 19.4. The number of hydrogen-bond donors (Lipinski definition) is 2. The minimum Gasteiger partial charge on any atom is -0.395 e. The minimum absolute atomic E-state index is 0.0892. The van der Waals surface area contributed by atoms with E-state index in [4.69, 9.17) is 10.8 Å². The molecule has 0 unspecified atom stereocenters. The second-order valence-electron chi connectivity index (χ2n) is 3.16.